The van der Waals surface area contributed by atoms with Gasteiger partial charge in [-0.25, -0.2) is 9.97 Å². The fourth-order valence-electron chi connectivity index (χ4n) is 3.44. The van der Waals surface area contributed by atoms with Crippen LogP contribution in [0.15, 0.2) is 110 Å². The highest BCUT2D eigenvalue weighted by atomic mass is 14.9. The van der Waals surface area contributed by atoms with E-state index in [2.05, 4.69) is 33.2 Å². The van der Waals surface area contributed by atoms with Gasteiger partial charge in [0.15, 0.2) is 5.82 Å². The highest BCUT2D eigenvalue weighted by Crippen LogP contribution is 2.32. The van der Waals surface area contributed by atoms with E-state index in [4.69, 9.17) is 4.98 Å². The molecule has 0 spiro atoms. The molecule has 5 rings (SSSR count). The molecule has 0 aliphatic carbocycles. The molecule has 0 aliphatic heterocycles. The predicted octanol–water partition coefficient (Wildman–Crippen LogP) is 5.93. The molecule has 0 amide bonds. The Bertz CT molecular complexity index is 1210. The smallest absolute Gasteiger partial charge is 0.159 e. The molecule has 30 heavy (non-hydrogen) atoms. The molecular formula is C26H18N4. The minimum Gasteiger partial charge on any atom is -0.265 e. The molecule has 0 aliphatic rings. The summed E-state index contributed by atoms with van der Waals surface area (Å²) in [5, 5.41) is 0. The van der Waals surface area contributed by atoms with E-state index in [-0.39, 0.29) is 0 Å². The van der Waals surface area contributed by atoms with Crippen LogP contribution in [-0.2, 0) is 0 Å². The number of benzene rings is 2. The average Bonchev–Trinajstić information content (AvgIpc) is 2.85. The summed E-state index contributed by atoms with van der Waals surface area (Å²) in [7, 11) is 0. The Morgan fingerprint density at radius 1 is 0.433 bits per heavy atom. The molecular weight excluding hydrogens is 368 g/mol. The number of nitrogens with zero attached hydrogens (tertiary/aromatic N) is 4. The second-order valence-corrected chi connectivity index (χ2v) is 6.90. The van der Waals surface area contributed by atoms with Gasteiger partial charge in [0.2, 0.25) is 0 Å². The zero-order valence-corrected chi connectivity index (χ0v) is 16.2. The van der Waals surface area contributed by atoms with Crippen LogP contribution in [-0.4, -0.2) is 19.9 Å². The number of rotatable bonds is 4. The second-order valence-electron chi connectivity index (χ2n) is 6.90. The lowest BCUT2D eigenvalue weighted by molar-refractivity contribution is 1.18. The first-order chi connectivity index (χ1) is 14.9. The van der Waals surface area contributed by atoms with Gasteiger partial charge in [-0.2, -0.15) is 0 Å². The molecule has 2 aromatic carbocycles. The summed E-state index contributed by atoms with van der Waals surface area (Å²) >= 11 is 0. The van der Waals surface area contributed by atoms with Crippen molar-refractivity contribution in [1.82, 2.24) is 19.9 Å². The van der Waals surface area contributed by atoms with Crippen molar-refractivity contribution in [3.05, 3.63) is 110 Å². The van der Waals surface area contributed by atoms with E-state index in [1.54, 1.807) is 0 Å². The van der Waals surface area contributed by atoms with Gasteiger partial charge in [-0.3, -0.25) is 9.97 Å². The standard InChI is InChI=1S/C26H18N4/c1-2-4-21(5-3-1)26-29-15-10-25(30-26)24-17-22(19-6-11-27-12-7-19)16-23(18-24)20-8-13-28-14-9-20/h1-18H. The molecule has 0 fully saturated rings. The maximum Gasteiger partial charge on any atom is 0.159 e. The lowest BCUT2D eigenvalue weighted by Gasteiger charge is -2.11. The fraction of sp³-hybridized carbons (Fsp3) is 0. The molecule has 5 aromatic rings. The summed E-state index contributed by atoms with van der Waals surface area (Å²) in [6, 6.07) is 26.6. The van der Waals surface area contributed by atoms with E-state index in [0.29, 0.717) is 5.82 Å². The van der Waals surface area contributed by atoms with Gasteiger partial charge in [0.25, 0.3) is 0 Å². The van der Waals surface area contributed by atoms with Gasteiger partial charge in [-0.05, 0) is 70.8 Å². The number of aromatic nitrogens is 4. The molecule has 4 heteroatoms. The van der Waals surface area contributed by atoms with Gasteiger partial charge >= 0.3 is 0 Å². The average molecular weight is 386 g/mol. The Balaban J connectivity index is 1.67. The fourth-order valence-corrected chi connectivity index (χ4v) is 3.44. The Morgan fingerprint density at radius 2 is 1.00 bits per heavy atom. The summed E-state index contributed by atoms with van der Waals surface area (Å²) in [6.07, 6.45) is 9.06. The van der Waals surface area contributed by atoms with Crippen molar-refractivity contribution in [3.63, 3.8) is 0 Å². The Kier molecular flexibility index (Phi) is 4.80. The topological polar surface area (TPSA) is 51.6 Å². The maximum atomic E-state index is 4.85. The first-order valence-corrected chi connectivity index (χ1v) is 9.71. The van der Waals surface area contributed by atoms with Crippen LogP contribution in [0.1, 0.15) is 0 Å². The van der Waals surface area contributed by atoms with Gasteiger partial charge in [-0.1, -0.05) is 30.3 Å². The van der Waals surface area contributed by atoms with E-state index in [1.807, 2.05) is 91.6 Å². The first kappa shape index (κ1) is 17.9. The van der Waals surface area contributed by atoms with Crippen LogP contribution in [0.4, 0.5) is 0 Å². The normalized spacial score (nSPS) is 10.7. The van der Waals surface area contributed by atoms with Gasteiger partial charge in [0, 0.05) is 42.1 Å². The summed E-state index contributed by atoms with van der Waals surface area (Å²) < 4.78 is 0. The van der Waals surface area contributed by atoms with Crippen molar-refractivity contribution in [1.29, 1.82) is 0 Å². The minimum atomic E-state index is 0.716. The molecule has 0 unspecified atom stereocenters. The first-order valence-electron chi connectivity index (χ1n) is 9.71. The molecule has 0 radical (unpaired) electrons. The third kappa shape index (κ3) is 3.71. The highest BCUT2D eigenvalue weighted by molar-refractivity contribution is 5.80. The molecule has 142 valence electrons. The van der Waals surface area contributed by atoms with Crippen molar-refractivity contribution < 1.29 is 0 Å². The number of hydrogen-bond donors (Lipinski definition) is 0. The van der Waals surface area contributed by atoms with Crippen molar-refractivity contribution in [2.45, 2.75) is 0 Å². The van der Waals surface area contributed by atoms with E-state index < -0.39 is 0 Å². The number of pyridine rings is 2. The molecule has 3 aromatic heterocycles. The largest absolute Gasteiger partial charge is 0.265 e. The maximum absolute atomic E-state index is 4.85. The van der Waals surface area contributed by atoms with Crippen molar-refractivity contribution in [3.8, 4) is 44.9 Å². The predicted molar refractivity (Wildman–Crippen MR) is 119 cm³/mol. The lowest BCUT2D eigenvalue weighted by atomic mass is 9.96. The molecule has 0 saturated carbocycles. The quantitative estimate of drug-likeness (QED) is 0.384. The lowest BCUT2D eigenvalue weighted by Crippen LogP contribution is -1.93. The van der Waals surface area contributed by atoms with Crippen LogP contribution < -0.4 is 0 Å². The summed E-state index contributed by atoms with van der Waals surface area (Å²) in [5.41, 5.74) is 7.37. The van der Waals surface area contributed by atoms with Gasteiger partial charge in [0.05, 0.1) is 5.69 Å². The molecule has 0 N–H and O–H groups in total. The SMILES string of the molecule is c1ccc(-c2nccc(-c3cc(-c4ccncc4)cc(-c4ccncc4)c3)n2)cc1. The molecule has 0 saturated heterocycles. The van der Waals surface area contributed by atoms with Crippen molar-refractivity contribution in [2.75, 3.05) is 0 Å². The molecule has 0 atom stereocenters. The van der Waals surface area contributed by atoms with E-state index in [0.717, 1.165) is 39.1 Å². The van der Waals surface area contributed by atoms with Crippen LogP contribution in [0.25, 0.3) is 44.9 Å². The number of hydrogen-bond acceptors (Lipinski definition) is 4. The van der Waals surface area contributed by atoms with Crippen LogP contribution in [0.2, 0.25) is 0 Å². The van der Waals surface area contributed by atoms with Crippen molar-refractivity contribution in [2.24, 2.45) is 0 Å². The Labute approximate surface area is 175 Å². The molecule has 0 bridgehead atoms. The third-order valence-corrected chi connectivity index (χ3v) is 4.94. The van der Waals surface area contributed by atoms with Crippen LogP contribution in [0.3, 0.4) is 0 Å². The zero-order chi connectivity index (χ0) is 20.2. The highest BCUT2D eigenvalue weighted by Gasteiger charge is 2.10. The van der Waals surface area contributed by atoms with Crippen molar-refractivity contribution >= 4 is 0 Å². The second kappa shape index (κ2) is 8.05. The Hall–Kier alpha value is -4.18. The van der Waals surface area contributed by atoms with Crippen LogP contribution in [0.5, 0.6) is 0 Å². The van der Waals surface area contributed by atoms with Crippen LogP contribution >= 0.6 is 0 Å². The van der Waals surface area contributed by atoms with E-state index in [9.17, 15) is 0 Å². The minimum absolute atomic E-state index is 0.716. The zero-order valence-electron chi connectivity index (χ0n) is 16.2. The van der Waals surface area contributed by atoms with Crippen LogP contribution in [0, 0.1) is 0 Å². The Morgan fingerprint density at radius 3 is 1.60 bits per heavy atom. The van der Waals surface area contributed by atoms with E-state index in [1.165, 1.54) is 0 Å². The summed E-state index contributed by atoms with van der Waals surface area (Å²) in [5.74, 6) is 0.716. The van der Waals surface area contributed by atoms with Gasteiger partial charge < -0.3 is 0 Å². The third-order valence-electron chi connectivity index (χ3n) is 4.94. The summed E-state index contributed by atoms with van der Waals surface area (Å²) in [6.45, 7) is 0. The molecule has 4 nitrogen and oxygen atoms in total. The van der Waals surface area contributed by atoms with Gasteiger partial charge in [-0.15, -0.1) is 0 Å². The molecule has 3 heterocycles. The summed E-state index contributed by atoms with van der Waals surface area (Å²) in [4.78, 5) is 17.6. The van der Waals surface area contributed by atoms with Gasteiger partial charge in [0.1, 0.15) is 0 Å². The monoisotopic (exact) mass is 386 g/mol. The van der Waals surface area contributed by atoms with E-state index >= 15 is 0 Å².